The third-order valence-electron chi connectivity index (χ3n) is 3.79. The van der Waals surface area contributed by atoms with Gasteiger partial charge in [-0.3, -0.25) is 9.59 Å². The number of rotatable bonds is 7. The topological polar surface area (TPSA) is 66.4 Å². The molecule has 0 aromatic rings. The molecule has 1 saturated carbocycles. The Morgan fingerprint density at radius 3 is 2.39 bits per heavy atom. The Balaban J connectivity index is 2.12. The van der Waals surface area contributed by atoms with Crippen LogP contribution in [0.2, 0.25) is 0 Å². The average molecular weight is 255 g/mol. The van der Waals surface area contributed by atoms with Gasteiger partial charge in [-0.05, 0) is 38.5 Å². The number of amides is 1. The fourth-order valence-electron chi connectivity index (χ4n) is 2.64. The molecule has 1 amide bonds. The van der Waals surface area contributed by atoms with Crippen LogP contribution >= 0.6 is 0 Å². The van der Waals surface area contributed by atoms with Gasteiger partial charge in [0.05, 0.1) is 0 Å². The molecule has 1 atom stereocenters. The van der Waals surface area contributed by atoms with Crippen LogP contribution in [0.25, 0.3) is 0 Å². The fraction of sp³-hybridized carbons (Fsp3) is 0.857. The maximum Gasteiger partial charge on any atom is 0.303 e. The molecule has 0 aliphatic heterocycles. The van der Waals surface area contributed by atoms with Crippen molar-refractivity contribution in [1.29, 1.82) is 0 Å². The van der Waals surface area contributed by atoms with Crippen molar-refractivity contribution in [3.63, 3.8) is 0 Å². The van der Waals surface area contributed by atoms with Gasteiger partial charge >= 0.3 is 5.97 Å². The smallest absolute Gasteiger partial charge is 0.303 e. The molecule has 18 heavy (non-hydrogen) atoms. The minimum Gasteiger partial charge on any atom is -0.481 e. The van der Waals surface area contributed by atoms with Crippen molar-refractivity contribution in [3.8, 4) is 0 Å². The summed E-state index contributed by atoms with van der Waals surface area (Å²) >= 11 is 0. The number of carbonyl (C=O) groups excluding carboxylic acids is 1. The summed E-state index contributed by atoms with van der Waals surface area (Å²) in [6, 6.07) is 0.261. The number of aliphatic carboxylic acids is 1. The Hall–Kier alpha value is -1.06. The van der Waals surface area contributed by atoms with Crippen LogP contribution in [0.5, 0.6) is 0 Å². The summed E-state index contributed by atoms with van der Waals surface area (Å²) in [5.41, 5.74) is 0. The van der Waals surface area contributed by atoms with E-state index in [9.17, 15) is 9.59 Å². The second-order valence-electron chi connectivity index (χ2n) is 5.36. The first-order chi connectivity index (χ1) is 8.59. The maximum absolute atomic E-state index is 11.7. The van der Waals surface area contributed by atoms with Gasteiger partial charge in [0.1, 0.15) is 0 Å². The first-order valence-electron chi connectivity index (χ1n) is 7.10. The molecule has 4 heteroatoms. The Labute approximate surface area is 109 Å². The number of carbonyl (C=O) groups is 2. The molecule has 2 N–H and O–H groups in total. The van der Waals surface area contributed by atoms with Crippen molar-refractivity contribution in [2.75, 3.05) is 0 Å². The average Bonchev–Trinajstić information content (AvgIpc) is 2.35. The van der Waals surface area contributed by atoms with E-state index in [-0.39, 0.29) is 18.4 Å². The van der Waals surface area contributed by atoms with Gasteiger partial charge in [-0.1, -0.05) is 19.3 Å². The van der Waals surface area contributed by atoms with Crippen LogP contribution in [-0.2, 0) is 9.59 Å². The van der Waals surface area contributed by atoms with E-state index in [1.165, 1.54) is 32.1 Å². The highest BCUT2D eigenvalue weighted by molar-refractivity contribution is 5.76. The van der Waals surface area contributed by atoms with Crippen molar-refractivity contribution >= 4 is 11.9 Å². The summed E-state index contributed by atoms with van der Waals surface area (Å²) < 4.78 is 0. The van der Waals surface area contributed by atoms with E-state index in [1.54, 1.807) is 0 Å². The highest BCUT2D eigenvalue weighted by Gasteiger charge is 2.21. The Morgan fingerprint density at radius 2 is 1.78 bits per heavy atom. The third kappa shape index (κ3) is 6.03. The largest absolute Gasteiger partial charge is 0.481 e. The molecule has 0 aromatic heterocycles. The SMILES string of the molecule is C[C@H](NC(=O)CCCCC(=O)O)C1CCCCC1. The van der Waals surface area contributed by atoms with Gasteiger partial charge < -0.3 is 10.4 Å². The predicted octanol–water partition coefficient (Wildman–Crippen LogP) is 2.72. The second-order valence-corrected chi connectivity index (χ2v) is 5.36. The van der Waals surface area contributed by atoms with Crippen LogP contribution in [0.15, 0.2) is 0 Å². The highest BCUT2D eigenvalue weighted by atomic mass is 16.4. The standard InChI is InChI=1S/C14H25NO3/c1-11(12-7-3-2-4-8-12)15-13(16)9-5-6-10-14(17)18/h11-12H,2-10H2,1H3,(H,15,16)(H,17,18)/t11-/m0/s1. The summed E-state index contributed by atoms with van der Waals surface area (Å²) in [4.78, 5) is 22.0. The lowest BCUT2D eigenvalue weighted by Gasteiger charge is -2.28. The zero-order chi connectivity index (χ0) is 13.4. The van der Waals surface area contributed by atoms with Crippen LogP contribution in [0.4, 0.5) is 0 Å². The van der Waals surface area contributed by atoms with Gasteiger partial charge in [0.25, 0.3) is 0 Å². The van der Waals surface area contributed by atoms with Gasteiger partial charge in [0, 0.05) is 18.9 Å². The number of unbranched alkanes of at least 4 members (excludes halogenated alkanes) is 1. The van der Waals surface area contributed by atoms with E-state index in [1.807, 2.05) is 0 Å². The lowest BCUT2D eigenvalue weighted by molar-refractivity contribution is -0.137. The molecule has 0 radical (unpaired) electrons. The molecule has 0 heterocycles. The van der Waals surface area contributed by atoms with Crippen LogP contribution in [0.3, 0.4) is 0 Å². The number of carboxylic acid groups (broad SMARTS) is 1. The highest BCUT2D eigenvalue weighted by Crippen LogP contribution is 2.26. The molecular formula is C14H25NO3. The lowest BCUT2D eigenvalue weighted by atomic mass is 9.84. The fourth-order valence-corrected chi connectivity index (χ4v) is 2.64. The number of nitrogens with one attached hydrogen (secondary N) is 1. The van der Waals surface area contributed by atoms with E-state index >= 15 is 0 Å². The Kier molecular flexibility index (Phi) is 6.76. The van der Waals surface area contributed by atoms with E-state index in [0.717, 1.165) is 0 Å². The van der Waals surface area contributed by atoms with E-state index in [4.69, 9.17) is 5.11 Å². The summed E-state index contributed by atoms with van der Waals surface area (Å²) in [6.07, 6.45) is 8.19. The molecule has 0 unspecified atom stereocenters. The number of carboxylic acids is 1. The van der Waals surface area contributed by atoms with Gasteiger partial charge in [-0.2, -0.15) is 0 Å². The second kappa shape index (κ2) is 8.11. The lowest BCUT2D eigenvalue weighted by Crippen LogP contribution is -2.38. The summed E-state index contributed by atoms with van der Waals surface area (Å²) in [6.45, 7) is 2.09. The molecule has 0 spiro atoms. The van der Waals surface area contributed by atoms with Crippen molar-refractivity contribution in [1.82, 2.24) is 5.32 Å². The van der Waals surface area contributed by atoms with Crippen molar-refractivity contribution in [2.45, 2.75) is 70.8 Å². The zero-order valence-electron chi connectivity index (χ0n) is 11.3. The molecule has 0 aromatic carbocycles. The molecule has 1 aliphatic carbocycles. The molecule has 0 saturated heterocycles. The summed E-state index contributed by atoms with van der Waals surface area (Å²) in [5.74, 6) is -0.0915. The van der Waals surface area contributed by atoms with E-state index < -0.39 is 5.97 Å². The molecular weight excluding hydrogens is 230 g/mol. The quantitative estimate of drug-likeness (QED) is 0.687. The Bertz CT molecular complexity index is 272. The molecule has 0 bridgehead atoms. The van der Waals surface area contributed by atoms with E-state index in [2.05, 4.69) is 12.2 Å². The van der Waals surface area contributed by atoms with Crippen molar-refractivity contribution in [3.05, 3.63) is 0 Å². The molecule has 4 nitrogen and oxygen atoms in total. The minimum atomic E-state index is -0.786. The zero-order valence-corrected chi connectivity index (χ0v) is 11.3. The van der Waals surface area contributed by atoms with Crippen LogP contribution in [0, 0.1) is 5.92 Å². The van der Waals surface area contributed by atoms with Crippen LogP contribution in [0.1, 0.15) is 64.7 Å². The number of hydrogen-bond acceptors (Lipinski definition) is 2. The minimum absolute atomic E-state index is 0.0680. The molecule has 104 valence electrons. The van der Waals surface area contributed by atoms with Crippen LogP contribution < -0.4 is 5.32 Å². The third-order valence-corrected chi connectivity index (χ3v) is 3.79. The van der Waals surface area contributed by atoms with Crippen molar-refractivity contribution < 1.29 is 14.7 Å². The van der Waals surface area contributed by atoms with Gasteiger partial charge in [0.2, 0.25) is 5.91 Å². The molecule has 1 rings (SSSR count). The monoisotopic (exact) mass is 255 g/mol. The predicted molar refractivity (Wildman–Crippen MR) is 70.3 cm³/mol. The van der Waals surface area contributed by atoms with Crippen molar-refractivity contribution in [2.24, 2.45) is 5.92 Å². The normalized spacial score (nSPS) is 18.3. The number of hydrogen-bond donors (Lipinski definition) is 2. The van der Waals surface area contributed by atoms with Gasteiger partial charge in [-0.15, -0.1) is 0 Å². The molecule has 1 aliphatic rings. The Morgan fingerprint density at radius 1 is 1.17 bits per heavy atom. The summed E-state index contributed by atoms with van der Waals surface area (Å²) in [5, 5.41) is 11.5. The first kappa shape index (κ1) is 15.0. The van der Waals surface area contributed by atoms with Crippen LogP contribution in [-0.4, -0.2) is 23.0 Å². The van der Waals surface area contributed by atoms with E-state index in [0.29, 0.717) is 25.2 Å². The van der Waals surface area contributed by atoms with Gasteiger partial charge in [0.15, 0.2) is 0 Å². The first-order valence-corrected chi connectivity index (χ1v) is 7.10. The van der Waals surface area contributed by atoms with Gasteiger partial charge in [-0.25, -0.2) is 0 Å². The maximum atomic E-state index is 11.7. The molecule has 1 fully saturated rings. The summed E-state index contributed by atoms with van der Waals surface area (Å²) in [7, 11) is 0.